The molecule has 0 aliphatic rings. The molecule has 0 fully saturated rings. The molecule has 0 saturated heterocycles. The predicted molar refractivity (Wildman–Crippen MR) is 51.2 cm³/mol. The molecule has 0 unspecified atom stereocenters. The molecule has 0 radical (unpaired) electrons. The zero-order valence-corrected chi connectivity index (χ0v) is 8.77. The maximum absolute atomic E-state index is 13.1. The first-order valence-electron chi connectivity index (χ1n) is 3.91. The molecule has 1 rings (SSSR count). The van der Waals surface area contributed by atoms with Crippen LogP contribution in [0, 0.1) is 5.82 Å². The predicted octanol–water partition coefficient (Wildman–Crippen LogP) is 2.48. The van der Waals surface area contributed by atoms with Crippen molar-refractivity contribution < 1.29 is 14.2 Å². The van der Waals surface area contributed by atoms with Crippen LogP contribution in [-0.4, -0.2) is 11.7 Å². The van der Waals surface area contributed by atoms with Crippen molar-refractivity contribution in [2.45, 2.75) is 13.5 Å². The summed E-state index contributed by atoms with van der Waals surface area (Å²) in [6.07, 6.45) is 0. The Morgan fingerprint density at radius 2 is 2.23 bits per heavy atom. The Hall–Kier alpha value is -0.610. The fourth-order valence-electron chi connectivity index (χ4n) is 1.02. The van der Waals surface area contributed by atoms with E-state index in [1.54, 1.807) is 13.0 Å². The average molecular weight is 249 g/mol. The van der Waals surface area contributed by atoms with E-state index in [-0.39, 0.29) is 12.2 Å². The van der Waals surface area contributed by atoms with Gasteiger partial charge in [-0.2, -0.15) is 0 Å². The topological polar surface area (TPSA) is 29.5 Å². The van der Waals surface area contributed by atoms with E-state index in [1.807, 2.05) is 0 Å². The number of halogens is 2. The van der Waals surface area contributed by atoms with Gasteiger partial charge in [0.15, 0.2) is 0 Å². The van der Waals surface area contributed by atoms with Gasteiger partial charge in [0.1, 0.15) is 11.6 Å². The number of hydrogen-bond acceptors (Lipinski definition) is 2. The summed E-state index contributed by atoms with van der Waals surface area (Å²) in [7, 11) is 0. The molecule has 0 saturated carbocycles. The van der Waals surface area contributed by atoms with Crippen LogP contribution in [0.25, 0.3) is 0 Å². The number of aliphatic hydroxyl groups is 1. The van der Waals surface area contributed by atoms with E-state index in [0.29, 0.717) is 16.8 Å². The maximum atomic E-state index is 13.1. The van der Waals surface area contributed by atoms with Crippen molar-refractivity contribution in [3.05, 3.63) is 28.0 Å². The largest absolute Gasteiger partial charge is 0.492 e. The number of hydrogen-bond donors (Lipinski definition) is 1. The molecular formula is C9H10BrFO2. The number of aliphatic hydroxyl groups excluding tert-OH is 1. The van der Waals surface area contributed by atoms with Gasteiger partial charge >= 0.3 is 0 Å². The molecule has 0 heterocycles. The summed E-state index contributed by atoms with van der Waals surface area (Å²) >= 11 is 3.22. The third kappa shape index (κ3) is 2.19. The lowest BCUT2D eigenvalue weighted by molar-refractivity contribution is 0.259. The fraction of sp³-hybridized carbons (Fsp3) is 0.333. The van der Waals surface area contributed by atoms with Crippen molar-refractivity contribution in [3.63, 3.8) is 0 Å². The number of rotatable bonds is 3. The van der Waals surface area contributed by atoms with Gasteiger partial charge in [0, 0.05) is 0 Å². The van der Waals surface area contributed by atoms with Gasteiger partial charge in [-0.3, -0.25) is 0 Å². The van der Waals surface area contributed by atoms with E-state index in [0.717, 1.165) is 0 Å². The van der Waals surface area contributed by atoms with E-state index in [9.17, 15) is 4.39 Å². The molecule has 0 aromatic heterocycles. The monoisotopic (exact) mass is 248 g/mol. The van der Waals surface area contributed by atoms with Gasteiger partial charge in [0.05, 0.1) is 23.2 Å². The number of ether oxygens (including phenoxy) is 1. The smallest absolute Gasteiger partial charge is 0.141 e. The molecule has 0 spiro atoms. The summed E-state index contributed by atoms with van der Waals surface area (Å²) < 4.78 is 18.9. The molecule has 72 valence electrons. The Labute approximate surface area is 84.5 Å². The lowest BCUT2D eigenvalue weighted by Gasteiger charge is -2.10. The second-order valence-corrected chi connectivity index (χ2v) is 3.28. The van der Waals surface area contributed by atoms with Crippen LogP contribution in [0.1, 0.15) is 12.5 Å². The minimum Gasteiger partial charge on any atom is -0.492 e. The molecule has 0 bridgehead atoms. The van der Waals surface area contributed by atoms with Crippen LogP contribution < -0.4 is 4.74 Å². The highest BCUT2D eigenvalue weighted by molar-refractivity contribution is 9.10. The summed E-state index contributed by atoms with van der Waals surface area (Å²) in [5, 5.41) is 8.91. The molecule has 4 heteroatoms. The highest BCUT2D eigenvalue weighted by Crippen LogP contribution is 2.31. The first-order valence-corrected chi connectivity index (χ1v) is 4.70. The van der Waals surface area contributed by atoms with E-state index >= 15 is 0 Å². The van der Waals surface area contributed by atoms with Crippen molar-refractivity contribution in [1.29, 1.82) is 0 Å². The van der Waals surface area contributed by atoms with Crippen molar-refractivity contribution >= 4 is 15.9 Å². The third-order valence-corrected chi connectivity index (χ3v) is 2.23. The van der Waals surface area contributed by atoms with Crippen LogP contribution in [0.3, 0.4) is 0 Å². The van der Waals surface area contributed by atoms with Crippen LogP contribution in [-0.2, 0) is 6.61 Å². The Kier molecular flexibility index (Phi) is 3.69. The second-order valence-electron chi connectivity index (χ2n) is 2.43. The average Bonchev–Trinajstić information content (AvgIpc) is 2.12. The van der Waals surface area contributed by atoms with E-state index in [2.05, 4.69) is 15.9 Å². The van der Waals surface area contributed by atoms with E-state index < -0.39 is 5.82 Å². The summed E-state index contributed by atoms with van der Waals surface area (Å²) in [5.41, 5.74) is 0.191. The lowest BCUT2D eigenvalue weighted by atomic mass is 10.2. The van der Waals surface area contributed by atoms with Gasteiger partial charge in [-0.15, -0.1) is 0 Å². The molecule has 13 heavy (non-hydrogen) atoms. The number of benzene rings is 1. The normalized spacial score (nSPS) is 10.2. The van der Waals surface area contributed by atoms with E-state index in [4.69, 9.17) is 9.84 Å². The van der Waals surface area contributed by atoms with Crippen LogP contribution in [0.15, 0.2) is 16.6 Å². The Morgan fingerprint density at radius 1 is 1.54 bits per heavy atom. The van der Waals surface area contributed by atoms with Gasteiger partial charge < -0.3 is 9.84 Å². The fourth-order valence-corrected chi connectivity index (χ4v) is 1.51. The van der Waals surface area contributed by atoms with Gasteiger partial charge in [-0.1, -0.05) is 0 Å². The van der Waals surface area contributed by atoms with Crippen molar-refractivity contribution in [1.82, 2.24) is 0 Å². The first kappa shape index (κ1) is 10.5. The van der Waals surface area contributed by atoms with Crippen molar-refractivity contribution in [2.24, 2.45) is 0 Å². The Bertz CT molecular complexity index is 302. The quantitative estimate of drug-likeness (QED) is 0.891. The second kappa shape index (κ2) is 4.58. The summed E-state index contributed by atoms with van der Waals surface area (Å²) in [4.78, 5) is 0. The summed E-state index contributed by atoms with van der Waals surface area (Å²) in [6, 6.07) is 2.84. The van der Waals surface area contributed by atoms with Crippen LogP contribution in [0.4, 0.5) is 4.39 Å². The summed E-state index contributed by atoms with van der Waals surface area (Å²) in [5.74, 6) is -0.0702. The van der Waals surface area contributed by atoms with Gasteiger partial charge in [0.25, 0.3) is 0 Å². The molecule has 0 aliphatic carbocycles. The van der Waals surface area contributed by atoms with Gasteiger partial charge in [-0.25, -0.2) is 4.39 Å². The minimum atomic E-state index is -0.450. The Balaban J connectivity index is 3.18. The molecule has 0 amide bonds. The molecule has 0 aliphatic heterocycles. The van der Waals surface area contributed by atoms with Gasteiger partial charge in [0.2, 0.25) is 0 Å². The molecule has 1 N–H and O–H groups in total. The molecule has 2 nitrogen and oxygen atoms in total. The summed E-state index contributed by atoms with van der Waals surface area (Å²) in [6.45, 7) is 1.88. The molecular weight excluding hydrogens is 239 g/mol. The van der Waals surface area contributed by atoms with Crippen LogP contribution in [0.5, 0.6) is 5.75 Å². The van der Waals surface area contributed by atoms with Crippen LogP contribution >= 0.6 is 15.9 Å². The molecule has 1 aromatic rings. The molecule has 1 aromatic carbocycles. The van der Waals surface area contributed by atoms with E-state index in [1.165, 1.54) is 6.07 Å². The van der Waals surface area contributed by atoms with Gasteiger partial charge in [-0.05, 0) is 35.0 Å². The van der Waals surface area contributed by atoms with Crippen molar-refractivity contribution in [2.75, 3.05) is 6.61 Å². The van der Waals surface area contributed by atoms with Crippen molar-refractivity contribution in [3.8, 4) is 5.75 Å². The third-order valence-electron chi connectivity index (χ3n) is 1.60. The highest BCUT2D eigenvalue weighted by Gasteiger charge is 2.11. The zero-order valence-electron chi connectivity index (χ0n) is 7.18. The highest BCUT2D eigenvalue weighted by atomic mass is 79.9. The van der Waals surface area contributed by atoms with Crippen LogP contribution in [0.2, 0.25) is 0 Å². The SMILES string of the molecule is CCOc1c(Br)ccc(F)c1CO. The maximum Gasteiger partial charge on any atom is 0.141 e. The standard InChI is InChI=1S/C9H10BrFO2/c1-2-13-9-6(5-12)8(11)4-3-7(9)10/h3-4,12H,2,5H2,1H3. The Morgan fingerprint density at radius 3 is 2.77 bits per heavy atom. The zero-order chi connectivity index (χ0) is 9.84. The lowest BCUT2D eigenvalue weighted by Crippen LogP contribution is -2.00. The molecule has 0 atom stereocenters. The minimum absolute atomic E-state index is 0.191. The first-order chi connectivity index (χ1) is 6.20.